The number of ether oxygens (including phenoxy) is 2. The number of hydrogen-bond acceptors (Lipinski definition) is 6. The van der Waals surface area contributed by atoms with Crippen LogP contribution in [-0.2, 0) is 23.5 Å². The Morgan fingerprint density at radius 2 is 1.64 bits per heavy atom. The molecule has 0 saturated carbocycles. The van der Waals surface area contributed by atoms with Gasteiger partial charge in [-0.25, -0.2) is 0 Å². The van der Waals surface area contributed by atoms with Crippen molar-refractivity contribution in [3.63, 3.8) is 0 Å². The van der Waals surface area contributed by atoms with E-state index >= 15 is 0 Å². The molecule has 128 valence electrons. The van der Waals surface area contributed by atoms with Gasteiger partial charge in [-0.05, 0) is 0 Å². The zero-order valence-electron chi connectivity index (χ0n) is 12.9. The first-order chi connectivity index (χ1) is 12.0. The molecule has 1 fully saturated rings. The summed E-state index contributed by atoms with van der Waals surface area (Å²) < 4.78 is 11.0. The molecule has 4 rings (SSSR count). The molecule has 0 N–H and O–H groups in total. The van der Waals surface area contributed by atoms with Crippen LogP contribution in [0.4, 0.5) is 0 Å². The van der Waals surface area contributed by atoms with Gasteiger partial charge in [0.1, 0.15) is 0 Å². The average Bonchev–Trinajstić information content (AvgIpc) is 3.04. The minimum absolute atomic E-state index is 0.205. The number of halogens is 1. The molecular formula is C18H12IO6-. The van der Waals surface area contributed by atoms with E-state index in [1.54, 1.807) is 18.2 Å². The molecule has 0 radical (unpaired) electrons. The molecule has 3 aliphatic rings. The zero-order chi connectivity index (χ0) is 17.6. The van der Waals surface area contributed by atoms with Crippen LogP contribution in [-0.4, -0.2) is 28.3 Å². The molecule has 7 heteroatoms. The number of hydrogen-bond donors (Lipinski definition) is 0. The van der Waals surface area contributed by atoms with E-state index in [2.05, 4.69) is 9.47 Å². The minimum atomic E-state index is -0.587. The van der Waals surface area contributed by atoms with Crippen LogP contribution in [0.3, 0.4) is 0 Å². The van der Waals surface area contributed by atoms with Crippen LogP contribution in [0, 0.1) is 5.92 Å². The van der Waals surface area contributed by atoms with Crippen LogP contribution >= 0.6 is 0 Å². The van der Waals surface area contributed by atoms with Gasteiger partial charge in [-0.15, -0.1) is 0 Å². The number of allylic oxidation sites excluding steroid dienone is 2. The first-order valence-electron chi connectivity index (χ1n) is 7.64. The quantitative estimate of drug-likeness (QED) is 0.241. The van der Waals surface area contributed by atoms with Crippen molar-refractivity contribution in [2.24, 2.45) is 5.92 Å². The van der Waals surface area contributed by atoms with Gasteiger partial charge in [-0.1, -0.05) is 0 Å². The Bertz CT molecular complexity index is 895. The van der Waals surface area contributed by atoms with E-state index in [0.717, 1.165) is 20.8 Å². The molecule has 0 amide bonds. The van der Waals surface area contributed by atoms with Gasteiger partial charge in [-0.3, -0.25) is 0 Å². The molecule has 1 aromatic rings. The molecule has 0 bridgehead atoms. The van der Waals surface area contributed by atoms with E-state index in [1.165, 1.54) is 0 Å². The van der Waals surface area contributed by atoms with Crippen LogP contribution in [0.2, 0.25) is 0 Å². The second-order valence-electron chi connectivity index (χ2n) is 5.90. The molecule has 1 aliphatic carbocycles. The van der Waals surface area contributed by atoms with Crippen LogP contribution in [0.25, 0.3) is 0 Å². The molecule has 25 heavy (non-hydrogen) atoms. The predicted molar refractivity (Wildman–Crippen MR) is 80.1 cm³/mol. The number of cyclic esters (lactones) is 4. The van der Waals surface area contributed by atoms with Crippen molar-refractivity contribution >= 4 is 23.9 Å². The summed E-state index contributed by atoms with van der Waals surface area (Å²) >= 11 is -0.205. The van der Waals surface area contributed by atoms with Gasteiger partial charge in [-0.2, -0.15) is 0 Å². The second-order valence-corrected chi connectivity index (χ2v) is 8.63. The normalized spacial score (nSPS) is 21.5. The van der Waals surface area contributed by atoms with Gasteiger partial charge in [0.2, 0.25) is 0 Å². The van der Waals surface area contributed by atoms with Gasteiger partial charge in [0.05, 0.1) is 0 Å². The van der Waals surface area contributed by atoms with Crippen molar-refractivity contribution in [3.8, 4) is 0 Å². The van der Waals surface area contributed by atoms with Gasteiger partial charge in [0.15, 0.2) is 0 Å². The molecule has 2 heterocycles. The van der Waals surface area contributed by atoms with Gasteiger partial charge in [0.25, 0.3) is 0 Å². The fourth-order valence-electron chi connectivity index (χ4n) is 2.97. The van der Waals surface area contributed by atoms with Crippen molar-refractivity contribution < 1.29 is 49.9 Å². The van der Waals surface area contributed by atoms with Crippen molar-refractivity contribution in [1.82, 2.24) is 0 Å². The summed E-state index contributed by atoms with van der Waals surface area (Å²) in [5.74, 6) is -2.05. The Kier molecular flexibility index (Phi) is 4.03. The standard InChI is InChI=1S/C18H12IO6/c20-15-11-3-1-9(5-13(11)17(22)24-15)7-19-8-10-2-4-12-14(6-10)18(23)25-16(12)21/h1,3-6,10H,2,7-8H2/q-1. The number of alkyl halides is 2. The summed E-state index contributed by atoms with van der Waals surface area (Å²) in [6.45, 7) is 0. The molecule has 1 atom stereocenters. The fraction of sp³-hybridized carbons (Fsp3) is 0.222. The Morgan fingerprint density at radius 3 is 2.48 bits per heavy atom. The number of carbonyl (C=O) groups is 4. The predicted octanol–water partition coefficient (Wildman–Crippen LogP) is -1.46. The molecule has 1 saturated heterocycles. The van der Waals surface area contributed by atoms with Gasteiger partial charge >= 0.3 is 153 Å². The van der Waals surface area contributed by atoms with Gasteiger partial charge < -0.3 is 0 Å². The van der Waals surface area contributed by atoms with Gasteiger partial charge in [0, 0.05) is 0 Å². The molecule has 0 aromatic heterocycles. The van der Waals surface area contributed by atoms with E-state index in [1.807, 2.05) is 12.1 Å². The summed E-state index contributed by atoms with van der Waals surface area (Å²) in [6, 6.07) is 5.22. The molecule has 1 unspecified atom stereocenters. The summed E-state index contributed by atoms with van der Waals surface area (Å²) in [6.07, 6.45) is 4.36. The van der Waals surface area contributed by atoms with Crippen LogP contribution in [0.5, 0.6) is 0 Å². The Morgan fingerprint density at radius 1 is 0.920 bits per heavy atom. The van der Waals surface area contributed by atoms with E-state index in [4.69, 9.17) is 0 Å². The summed E-state index contributed by atoms with van der Waals surface area (Å²) in [5, 5.41) is 0. The number of rotatable bonds is 4. The van der Waals surface area contributed by atoms with Crippen molar-refractivity contribution in [1.29, 1.82) is 0 Å². The van der Waals surface area contributed by atoms with Crippen molar-refractivity contribution in [2.75, 3.05) is 4.43 Å². The third kappa shape index (κ3) is 2.92. The first-order valence-corrected chi connectivity index (χ1v) is 10.7. The Labute approximate surface area is 153 Å². The van der Waals surface area contributed by atoms with Crippen molar-refractivity contribution in [2.45, 2.75) is 10.8 Å². The molecule has 0 spiro atoms. The monoisotopic (exact) mass is 451 g/mol. The Hall–Kier alpha value is -2.29. The van der Waals surface area contributed by atoms with E-state index < -0.39 is 23.9 Å². The molecular weight excluding hydrogens is 439 g/mol. The Balaban J connectivity index is 1.38. The van der Waals surface area contributed by atoms with E-state index in [0.29, 0.717) is 22.3 Å². The van der Waals surface area contributed by atoms with E-state index in [-0.39, 0.29) is 27.1 Å². The number of esters is 4. The maximum atomic E-state index is 11.6. The van der Waals surface area contributed by atoms with Crippen LogP contribution in [0.15, 0.2) is 41.5 Å². The van der Waals surface area contributed by atoms with Crippen LogP contribution in [0.1, 0.15) is 32.7 Å². The SMILES string of the molecule is O=C1OC(=O)C2=CC(C[I-]Cc3ccc4c(c3)C(=O)OC4=O)CC=C12. The molecule has 2 aliphatic heterocycles. The third-order valence-corrected chi connectivity index (χ3v) is 7.38. The topological polar surface area (TPSA) is 86.7 Å². The average molecular weight is 451 g/mol. The van der Waals surface area contributed by atoms with Crippen molar-refractivity contribution in [3.05, 3.63) is 58.2 Å². The number of carbonyl (C=O) groups excluding carboxylic acids is 4. The third-order valence-electron chi connectivity index (χ3n) is 4.21. The zero-order valence-corrected chi connectivity index (χ0v) is 15.1. The number of benzene rings is 1. The van der Waals surface area contributed by atoms with Crippen LogP contribution < -0.4 is 21.2 Å². The first kappa shape index (κ1) is 16.2. The summed E-state index contributed by atoms with van der Waals surface area (Å²) in [4.78, 5) is 46.1. The summed E-state index contributed by atoms with van der Waals surface area (Å²) in [7, 11) is 0. The van der Waals surface area contributed by atoms with E-state index in [9.17, 15) is 19.2 Å². The molecule has 6 nitrogen and oxygen atoms in total. The second kappa shape index (κ2) is 6.21. The number of fused-ring (bicyclic) bond motifs is 2. The molecule has 1 aromatic carbocycles. The fourth-order valence-corrected chi connectivity index (χ4v) is 5.79. The summed E-state index contributed by atoms with van der Waals surface area (Å²) in [5.41, 5.74) is 2.45. The maximum absolute atomic E-state index is 11.6.